The standard InChI is InChI=1S/C13H15N5O/c19-13(14-8-12-15-17-18-16-12)7-9-4-5-10-2-1-3-11(10)6-9/h4-6H,1-3,7-8H2,(H,14,19)(H,15,16,17,18). The fraction of sp³-hybridized carbons (Fsp3) is 0.385. The Morgan fingerprint density at radius 2 is 2.21 bits per heavy atom. The molecule has 6 heteroatoms. The van der Waals surface area contributed by atoms with E-state index < -0.39 is 0 Å². The molecule has 1 aliphatic rings. The van der Waals surface area contributed by atoms with Gasteiger partial charge in [0.1, 0.15) is 0 Å². The van der Waals surface area contributed by atoms with Crippen molar-refractivity contribution >= 4 is 5.91 Å². The maximum Gasteiger partial charge on any atom is 0.224 e. The Labute approximate surface area is 110 Å². The summed E-state index contributed by atoms with van der Waals surface area (Å²) in [6.07, 6.45) is 3.92. The molecule has 1 amide bonds. The fourth-order valence-electron chi connectivity index (χ4n) is 2.42. The van der Waals surface area contributed by atoms with Gasteiger partial charge in [-0.2, -0.15) is 5.21 Å². The molecular weight excluding hydrogens is 242 g/mol. The van der Waals surface area contributed by atoms with Crippen LogP contribution in [0.15, 0.2) is 18.2 Å². The Kier molecular flexibility index (Phi) is 3.22. The van der Waals surface area contributed by atoms with Crippen molar-refractivity contribution in [2.24, 2.45) is 0 Å². The fourth-order valence-corrected chi connectivity index (χ4v) is 2.42. The van der Waals surface area contributed by atoms with E-state index in [9.17, 15) is 4.79 Å². The Morgan fingerprint density at radius 3 is 3.05 bits per heavy atom. The van der Waals surface area contributed by atoms with E-state index in [2.05, 4.69) is 38.1 Å². The van der Waals surface area contributed by atoms with Crippen LogP contribution in [-0.2, 0) is 30.6 Å². The molecule has 19 heavy (non-hydrogen) atoms. The number of benzene rings is 1. The highest BCUT2D eigenvalue weighted by Crippen LogP contribution is 2.22. The van der Waals surface area contributed by atoms with Crippen molar-refractivity contribution in [2.45, 2.75) is 32.2 Å². The van der Waals surface area contributed by atoms with Crippen molar-refractivity contribution in [1.82, 2.24) is 25.9 Å². The third-order valence-electron chi connectivity index (χ3n) is 3.36. The molecule has 0 saturated carbocycles. The molecule has 6 nitrogen and oxygen atoms in total. The predicted octanol–water partition coefficient (Wildman–Crippen LogP) is 0.547. The summed E-state index contributed by atoms with van der Waals surface area (Å²) in [5.41, 5.74) is 3.88. The van der Waals surface area contributed by atoms with E-state index in [0.29, 0.717) is 18.8 Å². The third-order valence-corrected chi connectivity index (χ3v) is 3.36. The first-order chi connectivity index (χ1) is 9.31. The van der Waals surface area contributed by atoms with Crippen LogP contribution in [0.1, 0.15) is 28.9 Å². The summed E-state index contributed by atoms with van der Waals surface area (Å²) in [7, 11) is 0. The maximum atomic E-state index is 11.8. The monoisotopic (exact) mass is 257 g/mol. The highest BCUT2D eigenvalue weighted by atomic mass is 16.1. The van der Waals surface area contributed by atoms with Gasteiger partial charge in [-0.15, -0.1) is 10.2 Å². The van der Waals surface area contributed by atoms with Crippen LogP contribution in [0.3, 0.4) is 0 Å². The quantitative estimate of drug-likeness (QED) is 0.837. The number of aromatic nitrogens is 4. The lowest BCUT2D eigenvalue weighted by Crippen LogP contribution is -2.25. The second-order valence-electron chi connectivity index (χ2n) is 4.74. The topological polar surface area (TPSA) is 83.6 Å². The first-order valence-corrected chi connectivity index (χ1v) is 6.41. The summed E-state index contributed by atoms with van der Waals surface area (Å²) in [4.78, 5) is 11.8. The Bertz CT molecular complexity index is 579. The van der Waals surface area contributed by atoms with Crippen LogP contribution < -0.4 is 5.32 Å². The second kappa shape index (κ2) is 5.17. The zero-order valence-corrected chi connectivity index (χ0v) is 10.5. The van der Waals surface area contributed by atoms with Crippen LogP contribution in [-0.4, -0.2) is 26.5 Å². The van der Waals surface area contributed by atoms with E-state index >= 15 is 0 Å². The van der Waals surface area contributed by atoms with Gasteiger partial charge in [0, 0.05) is 0 Å². The lowest BCUT2D eigenvalue weighted by Gasteiger charge is -2.05. The van der Waals surface area contributed by atoms with Crippen LogP contribution in [0.4, 0.5) is 0 Å². The Morgan fingerprint density at radius 1 is 1.32 bits per heavy atom. The number of carbonyl (C=O) groups is 1. The summed E-state index contributed by atoms with van der Waals surface area (Å²) in [5.74, 6) is 0.463. The molecule has 3 rings (SSSR count). The Balaban J connectivity index is 1.57. The number of rotatable bonds is 4. The number of fused-ring (bicyclic) bond motifs is 1. The zero-order valence-electron chi connectivity index (χ0n) is 10.5. The minimum atomic E-state index is -0.0252. The van der Waals surface area contributed by atoms with Gasteiger partial charge in [0.25, 0.3) is 0 Å². The molecule has 0 saturated heterocycles. The lowest BCUT2D eigenvalue weighted by molar-refractivity contribution is -0.120. The van der Waals surface area contributed by atoms with Gasteiger partial charge < -0.3 is 5.32 Å². The molecule has 0 bridgehead atoms. The maximum absolute atomic E-state index is 11.8. The van der Waals surface area contributed by atoms with E-state index in [1.54, 1.807) is 0 Å². The molecule has 1 aromatic heterocycles. The number of carbonyl (C=O) groups excluding carboxylic acids is 1. The minimum absolute atomic E-state index is 0.0252. The van der Waals surface area contributed by atoms with Crippen LogP contribution in [0.5, 0.6) is 0 Å². The van der Waals surface area contributed by atoms with Gasteiger partial charge >= 0.3 is 0 Å². The van der Waals surface area contributed by atoms with E-state index in [-0.39, 0.29) is 5.91 Å². The number of aromatic amines is 1. The summed E-state index contributed by atoms with van der Waals surface area (Å²) in [6.45, 7) is 0.306. The van der Waals surface area contributed by atoms with Gasteiger partial charge in [-0.05, 0) is 36.0 Å². The number of aryl methyl sites for hydroxylation is 2. The van der Waals surface area contributed by atoms with Gasteiger partial charge in [-0.25, -0.2) is 0 Å². The summed E-state index contributed by atoms with van der Waals surface area (Å²) < 4.78 is 0. The van der Waals surface area contributed by atoms with Crippen molar-refractivity contribution in [3.63, 3.8) is 0 Å². The number of tetrazole rings is 1. The van der Waals surface area contributed by atoms with Crippen molar-refractivity contribution in [2.75, 3.05) is 0 Å². The molecule has 0 spiro atoms. The SMILES string of the molecule is O=C(Cc1ccc2c(c1)CCC2)NCc1nn[nH]n1. The van der Waals surface area contributed by atoms with Crippen molar-refractivity contribution < 1.29 is 4.79 Å². The van der Waals surface area contributed by atoms with Crippen LogP contribution in [0, 0.1) is 0 Å². The molecule has 2 aromatic rings. The molecule has 98 valence electrons. The van der Waals surface area contributed by atoms with Gasteiger partial charge in [-0.1, -0.05) is 23.4 Å². The first kappa shape index (κ1) is 11.8. The summed E-state index contributed by atoms with van der Waals surface area (Å²) in [6, 6.07) is 6.33. The lowest BCUT2D eigenvalue weighted by atomic mass is 10.0. The number of nitrogens with one attached hydrogen (secondary N) is 2. The second-order valence-corrected chi connectivity index (χ2v) is 4.74. The molecule has 1 heterocycles. The molecule has 0 atom stereocenters. The van der Waals surface area contributed by atoms with Crippen molar-refractivity contribution in [3.8, 4) is 0 Å². The molecule has 0 radical (unpaired) electrons. The molecule has 1 aromatic carbocycles. The number of hydrogen-bond donors (Lipinski definition) is 2. The first-order valence-electron chi connectivity index (χ1n) is 6.41. The molecule has 1 aliphatic carbocycles. The normalized spacial score (nSPS) is 13.3. The summed E-state index contributed by atoms with van der Waals surface area (Å²) in [5, 5.41) is 16.1. The van der Waals surface area contributed by atoms with E-state index in [1.807, 2.05) is 6.07 Å². The van der Waals surface area contributed by atoms with E-state index in [0.717, 1.165) is 12.0 Å². The van der Waals surface area contributed by atoms with E-state index in [1.165, 1.54) is 24.0 Å². The number of hydrogen-bond acceptors (Lipinski definition) is 4. The number of nitrogens with zero attached hydrogens (tertiary/aromatic N) is 3. The molecule has 0 unspecified atom stereocenters. The van der Waals surface area contributed by atoms with Gasteiger partial charge in [-0.3, -0.25) is 4.79 Å². The average Bonchev–Trinajstić information content (AvgIpc) is 3.07. The highest BCUT2D eigenvalue weighted by molar-refractivity contribution is 5.78. The molecular formula is C13H15N5O. The van der Waals surface area contributed by atoms with Gasteiger partial charge in [0.05, 0.1) is 13.0 Å². The summed E-state index contributed by atoms with van der Waals surface area (Å²) >= 11 is 0. The highest BCUT2D eigenvalue weighted by Gasteiger charge is 2.12. The largest absolute Gasteiger partial charge is 0.348 e. The Hall–Kier alpha value is -2.24. The molecule has 0 fully saturated rings. The van der Waals surface area contributed by atoms with Gasteiger partial charge in [0.15, 0.2) is 5.82 Å². The minimum Gasteiger partial charge on any atom is -0.348 e. The zero-order chi connectivity index (χ0) is 13.1. The van der Waals surface area contributed by atoms with Gasteiger partial charge in [0.2, 0.25) is 5.91 Å². The van der Waals surface area contributed by atoms with Crippen LogP contribution in [0.25, 0.3) is 0 Å². The van der Waals surface area contributed by atoms with Crippen molar-refractivity contribution in [1.29, 1.82) is 0 Å². The third kappa shape index (κ3) is 2.78. The smallest absolute Gasteiger partial charge is 0.224 e. The predicted molar refractivity (Wildman–Crippen MR) is 68.2 cm³/mol. The molecule has 2 N–H and O–H groups in total. The molecule has 0 aliphatic heterocycles. The number of amides is 1. The van der Waals surface area contributed by atoms with Crippen molar-refractivity contribution in [3.05, 3.63) is 40.7 Å². The van der Waals surface area contributed by atoms with Crippen LogP contribution in [0.2, 0.25) is 0 Å². The van der Waals surface area contributed by atoms with Crippen LogP contribution >= 0.6 is 0 Å². The number of H-pyrrole nitrogens is 1. The van der Waals surface area contributed by atoms with E-state index in [4.69, 9.17) is 0 Å². The average molecular weight is 257 g/mol.